The molecule has 0 bridgehead atoms. The van der Waals surface area contributed by atoms with Crippen LogP contribution in [-0.4, -0.2) is 15.5 Å². The van der Waals surface area contributed by atoms with Gasteiger partial charge < -0.3 is 9.88 Å². The summed E-state index contributed by atoms with van der Waals surface area (Å²) in [6.07, 6.45) is 9.46. The van der Waals surface area contributed by atoms with Crippen LogP contribution in [0.2, 0.25) is 0 Å². The van der Waals surface area contributed by atoms with Crippen LogP contribution in [0.5, 0.6) is 0 Å². The summed E-state index contributed by atoms with van der Waals surface area (Å²) >= 11 is 0. The lowest BCUT2D eigenvalue weighted by molar-refractivity contribution is -0.115. The molecular weight excluding hydrogens is 286 g/mol. The quantitative estimate of drug-likeness (QED) is 0.776. The number of nitrogens with one attached hydrogen (secondary N) is 1. The molecular formula is C19H17N3O. The monoisotopic (exact) mass is 303 g/mol. The Balaban J connectivity index is 1.60. The Hall–Kier alpha value is -3.14. The van der Waals surface area contributed by atoms with Crippen molar-refractivity contribution in [3.05, 3.63) is 85.0 Å². The van der Waals surface area contributed by atoms with Crippen LogP contribution in [0.3, 0.4) is 0 Å². The summed E-state index contributed by atoms with van der Waals surface area (Å²) in [6, 6.07) is 17.6. The van der Waals surface area contributed by atoms with Crippen molar-refractivity contribution in [2.45, 2.75) is 6.42 Å². The van der Waals surface area contributed by atoms with Crippen molar-refractivity contribution in [1.29, 1.82) is 0 Å². The molecule has 3 rings (SSSR count). The van der Waals surface area contributed by atoms with Crippen LogP contribution in [-0.2, 0) is 4.79 Å². The predicted molar refractivity (Wildman–Crippen MR) is 92.3 cm³/mol. The summed E-state index contributed by atoms with van der Waals surface area (Å²) in [7, 11) is 0. The van der Waals surface area contributed by atoms with Gasteiger partial charge in [-0.05, 0) is 23.8 Å². The first kappa shape index (κ1) is 14.8. The summed E-state index contributed by atoms with van der Waals surface area (Å²) < 4.78 is 1.89. The van der Waals surface area contributed by atoms with E-state index in [1.54, 1.807) is 12.5 Å². The normalized spacial score (nSPS) is 10.8. The number of aromatic nitrogens is 2. The molecule has 0 saturated carbocycles. The highest BCUT2D eigenvalue weighted by molar-refractivity contribution is 5.92. The van der Waals surface area contributed by atoms with Gasteiger partial charge in [0.2, 0.25) is 5.91 Å². The molecule has 2 aromatic carbocycles. The Bertz CT molecular complexity index is 793. The molecule has 0 unspecified atom stereocenters. The van der Waals surface area contributed by atoms with Gasteiger partial charge in [0.1, 0.15) is 0 Å². The molecule has 4 nitrogen and oxygen atoms in total. The number of hydrogen-bond acceptors (Lipinski definition) is 2. The van der Waals surface area contributed by atoms with Crippen molar-refractivity contribution in [3.63, 3.8) is 0 Å². The maximum Gasteiger partial charge on any atom is 0.228 e. The number of benzene rings is 2. The molecule has 1 amide bonds. The zero-order valence-electron chi connectivity index (χ0n) is 12.6. The molecule has 3 aromatic rings. The van der Waals surface area contributed by atoms with Gasteiger partial charge in [0.05, 0.1) is 6.33 Å². The van der Waals surface area contributed by atoms with Crippen molar-refractivity contribution in [1.82, 2.24) is 9.55 Å². The van der Waals surface area contributed by atoms with Crippen LogP contribution in [0.4, 0.5) is 5.69 Å². The zero-order chi connectivity index (χ0) is 15.9. The lowest BCUT2D eigenvalue weighted by Crippen LogP contribution is -2.10. The highest BCUT2D eigenvalue weighted by Crippen LogP contribution is 2.14. The Kier molecular flexibility index (Phi) is 4.64. The van der Waals surface area contributed by atoms with E-state index in [2.05, 4.69) is 10.3 Å². The van der Waals surface area contributed by atoms with Crippen LogP contribution >= 0.6 is 0 Å². The van der Waals surface area contributed by atoms with Crippen LogP contribution in [0.15, 0.2) is 79.4 Å². The molecule has 0 aliphatic carbocycles. The third-order valence-electron chi connectivity index (χ3n) is 3.35. The van der Waals surface area contributed by atoms with Crippen molar-refractivity contribution in [2.75, 3.05) is 5.32 Å². The van der Waals surface area contributed by atoms with E-state index in [1.165, 1.54) is 0 Å². The van der Waals surface area contributed by atoms with Crippen molar-refractivity contribution >= 4 is 17.7 Å². The van der Waals surface area contributed by atoms with Gasteiger partial charge in [-0.25, -0.2) is 4.98 Å². The first-order valence-electron chi connectivity index (χ1n) is 7.41. The van der Waals surface area contributed by atoms with E-state index in [1.807, 2.05) is 77.5 Å². The molecule has 0 aliphatic rings. The van der Waals surface area contributed by atoms with Gasteiger partial charge in [-0.2, -0.15) is 0 Å². The number of carbonyl (C=O) groups excluding carboxylic acids is 1. The highest BCUT2D eigenvalue weighted by Gasteiger charge is 2.02. The molecule has 1 N–H and O–H groups in total. The van der Waals surface area contributed by atoms with Gasteiger partial charge in [-0.3, -0.25) is 4.79 Å². The molecule has 0 spiro atoms. The van der Waals surface area contributed by atoms with Gasteiger partial charge in [-0.1, -0.05) is 48.6 Å². The van der Waals surface area contributed by atoms with Crippen molar-refractivity contribution in [2.24, 2.45) is 0 Å². The molecule has 0 radical (unpaired) electrons. The average Bonchev–Trinajstić information content (AvgIpc) is 3.11. The smallest absolute Gasteiger partial charge is 0.228 e. The molecule has 1 aromatic heterocycles. The summed E-state index contributed by atoms with van der Waals surface area (Å²) in [6.45, 7) is 0. The number of hydrogen-bond donors (Lipinski definition) is 1. The third kappa shape index (κ3) is 4.17. The fourth-order valence-corrected chi connectivity index (χ4v) is 2.23. The SMILES string of the molecule is O=C(C/C=C/c1ccccc1)Nc1cccc(-n2ccnc2)c1. The molecule has 4 heteroatoms. The summed E-state index contributed by atoms with van der Waals surface area (Å²) in [5, 5.41) is 2.91. The van der Waals surface area contributed by atoms with E-state index >= 15 is 0 Å². The zero-order valence-corrected chi connectivity index (χ0v) is 12.6. The lowest BCUT2D eigenvalue weighted by atomic mass is 10.2. The lowest BCUT2D eigenvalue weighted by Gasteiger charge is -2.07. The maximum absolute atomic E-state index is 12.0. The first-order chi connectivity index (χ1) is 11.3. The highest BCUT2D eigenvalue weighted by atomic mass is 16.1. The Morgan fingerprint density at radius 1 is 1.13 bits per heavy atom. The van der Waals surface area contributed by atoms with Crippen LogP contribution in [0.25, 0.3) is 11.8 Å². The van der Waals surface area contributed by atoms with E-state index in [0.29, 0.717) is 6.42 Å². The largest absolute Gasteiger partial charge is 0.326 e. The molecule has 1 heterocycles. The summed E-state index contributed by atoms with van der Waals surface area (Å²) in [4.78, 5) is 16.0. The standard InChI is InChI=1S/C19H17N3O/c23-19(11-4-8-16-6-2-1-3-7-16)21-17-9-5-10-18(14-17)22-13-12-20-15-22/h1-10,12-15H,11H2,(H,21,23)/b8-4+. The number of carbonyl (C=O) groups is 1. The van der Waals surface area contributed by atoms with E-state index < -0.39 is 0 Å². The maximum atomic E-state index is 12.0. The molecule has 0 fully saturated rings. The number of anilines is 1. The third-order valence-corrected chi connectivity index (χ3v) is 3.35. The first-order valence-corrected chi connectivity index (χ1v) is 7.41. The van der Waals surface area contributed by atoms with Crippen molar-refractivity contribution in [3.8, 4) is 5.69 Å². The Labute approximate surface area is 135 Å². The predicted octanol–water partition coefficient (Wildman–Crippen LogP) is 3.91. The second-order valence-corrected chi connectivity index (χ2v) is 5.09. The van der Waals surface area contributed by atoms with E-state index in [9.17, 15) is 4.79 Å². The van der Waals surface area contributed by atoms with E-state index in [0.717, 1.165) is 16.9 Å². The Morgan fingerprint density at radius 2 is 2.00 bits per heavy atom. The number of imidazole rings is 1. The van der Waals surface area contributed by atoms with Crippen LogP contribution in [0, 0.1) is 0 Å². The Morgan fingerprint density at radius 3 is 2.78 bits per heavy atom. The average molecular weight is 303 g/mol. The second kappa shape index (κ2) is 7.22. The fourth-order valence-electron chi connectivity index (χ4n) is 2.23. The van der Waals surface area contributed by atoms with Crippen molar-refractivity contribution < 1.29 is 4.79 Å². The van der Waals surface area contributed by atoms with Gasteiger partial charge in [0.25, 0.3) is 0 Å². The molecule has 23 heavy (non-hydrogen) atoms. The topological polar surface area (TPSA) is 46.9 Å². The van der Waals surface area contributed by atoms with Gasteiger partial charge in [0, 0.05) is 30.2 Å². The van der Waals surface area contributed by atoms with E-state index in [-0.39, 0.29) is 5.91 Å². The molecule has 0 atom stereocenters. The number of rotatable bonds is 5. The van der Waals surface area contributed by atoms with Crippen LogP contribution in [0.1, 0.15) is 12.0 Å². The van der Waals surface area contributed by atoms with Crippen LogP contribution < -0.4 is 5.32 Å². The molecule has 114 valence electrons. The van der Waals surface area contributed by atoms with Gasteiger partial charge in [-0.15, -0.1) is 0 Å². The number of nitrogens with zero attached hydrogens (tertiary/aromatic N) is 2. The molecule has 0 aliphatic heterocycles. The van der Waals surface area contributed by atoms with Gasteiger partial charge >= 0.3 is 0 Å². The summed E-state index contributed by atoms with van der Waals surface area (Å²) in [5.74, 6) is -0.0417. The minimum absolute atomic E-state index is 0.0417. The minimum Gasteiger partial charge on any atom is -0.326 e. The summed E-state index contributed by atoms with van der Waals surface area (Å²) in [5.41, 5.74) is 2.82. The van der Waals surface area contributed by atoms with Gasteiger partial charge in [0.15, 0.2) is 0 Å². The second-order valence-electron chi connectivity index (χ2n) is 5.09. The van der Waals surface area contributed by atoms with E-state index in [4.69, 9.17) is 0 Å². The fraction of sp³-hybridized carbons (Fsp3) is 0.0526. The number of amides is 1. The minimum atomic E-state index is -0.0417. The molecule has 0 saturated heterocycles.